The first kappa shape index (κ1) is 9.25. The van der Waals surface area contributed by atoms with E-state index in [1.807, 2.05) is 44.2 Å². The Kier molecular flexibility index (Phi) is 1.88. The zero-order valence-electron chi connectivity index (χ0n) is 8.40. The number of aliphatic carboxylic acids is 1. The smallest absolute Gasteiger partial charge is 0.307 e. The van der Waals surface area contributed by atoms with Gasteiger partial charge in [-0.15, -0.1) is 0 Å². The normalized spacial score (nSPS) is 28.4. The van der Waals surface area contributed by atoms with Crippen molar-refractivity contribution >= 4 is 5.97 Å². The molecule has 0 heterocycles. The third kappa shape index (κ3) is 1.22. The molecule has 1 saturated carbocycles. The summed E-state index contributed by atoms with van der Waals surface area (Å²) in [6.07, 6.45) is 0. The van der Waals surface area contributed by atoms with Gasteiger partial charge in [-0.2, -0.15) is 0 Å². The van der Waals surface area contributed by atoms with E-state index >= 15 is 0 Å². The number of hydrogen-bond donors (Lipinski definition) is 1. The second-order valence-corrected chi connectivity index (χ2v) is 4.53. The fraction of sp³-hybridized carbons (Fsp3) is 0.417. The van der Waals surface area contributed by atoms with E-state index < -0.39 is 5.97 Å². The van der Waals surface area contributed by atoms with E-state index in [9.17, 15) is 4.79 Å². The molecule has 0 aliphatic heterocycles. The minimum atomic E-state index is -0.677. The van der Waals surface area contributed by atoms with Gasteiger partial charge < -0.3 is 5.11 Å². The van der Waals surface area contributed by atoms with Gasteiger partial charge in [0, 0.05) is 5.92 Å². The van der Waals surface area contributed by atoms with Gasteiger partial charge in [0.15, 0.2) is 0 Å². The van der Waals surface area contributed by atoms with Crippen LogP contribution in [0.15, 0.2) is 30.3 Å². The molecule has 1 aromatic rings. The topological polar surface area (TPSA) is 37.3 Å². The molecule has 1 aliphatic carbocycles. The van der Waals surface area contributed by atoms with Gasteiger partial charge >= 0.3 is 5.97 Å². The van der Waals surface area contributed by atoms with Gasteiger partial charge in [0.05, 0.1) is 5.92 Å². The molecule has 1 aromatic carbocycles. The van der Waals surface area contributed by atoms with Crippen molar-refractivity contribution in [2.75, 3.05) is 0 Å². The molecule has 0 saturated heterocycles. The lowest BCUT2D eigenvalue weighted by Gasteiger charge is -2.01. The monoisotopic (exact) mass is 190 g/mol. The van der Waals surface area contributed by atoms with Gasteiger partial charge in [0.2, 0.25) is 0 Å². The summed E-state index contributed by atoms with van der Waals surface area (Å²) >= 11 is 0. The molecule has 1 N–H and O–H groups in total. The summed E-state index contributed by atoms with van der Waals surface area (Å²) in [7, 11) is 0. The average molecular weight is 190 g/mol. The second kappa shape index (κ2) is 2.84. The summed E-state index contributed by atoms with van der Waals surface area (Å²) in [6.45, 7) is 4.03. The third-order valence-corrected chi connectivity index (χ3v) is 3.25. The van der Waals surface area contributed by atoms with E-state index in [2.05, 4.69) is 0 Å². The first-order valence-electron chi connectivity index (χ1n) is 4.83. The van der Waals surface area contributed by atoms with Crippen molar-refractivity contribution in [3.63, 3.8) is 0 Å². The van der Waals surface area contributed by atoms with Crippen molar-refractivity contribution in [2.45, 2.75) is 19.8 Å². The van der Waals surface area contributed by atoms with Crippen LogP contribution in [0.4, 0.5) is 0 Å². The maximum absolute atomic E-state index is 11.0. The van der Waals surface area contributed by atoms with Crippen LogP contribution < -0.4 is 0 Å². The highest BCUT2D eigenvalue weighted by atomic mass is 16.4. The Hall–Kier alpha value is -1.31. The Balaban J connectivity index is 2.28. The molecule has 0 radical (unpaired) electrons. The lowest BCUT2D eigenvalue weighted by molar-refractivity contribution is -0.139. The fourth-order valence-electron chi connectivity index (χ4n) is 2.38. The average Bonchev–Trinajstić information content (AvgIpc) is 2.71. The lowest BCUT2D eigenvalue weighted by atomic mass is 10.0. The van der Waals surface area contributed by atoms with E-state index in [-0.39, 0.29) is 17.3 Å². The van der Waals surface area contributed by atoms with Gasteiger partial charge in [-0.3, -0.25) is 4.79 Å². The van der Waals surface area contributed by atoms with Crippen LogP contribution in [0.25, 0.3) is 0 Å². The number of rotatable bonds is 2. The molecule has 2 atom stereocenters. The summed E-state index contributed by atoms with van der Waals surface area (Å²) < 4.78 is 0. The highest BCUT2D eigenvalue weighted by Gasteiger charge is 2.62. The molecular formula is C12H14O2. The first-order valence-corrected chi connectivity index (χ1v) is 4.83. The molecule has 0 amide bonds. The fourth-order valence-corrected chi connectivity index (χ4v) is 2.38. The SMILES string of the molecule is CC1(C)[C@H](c2ccccc2)[C@@H]1C(=O)O. The van der Waals surface area contributed by atoms with Gasteiger partial charge in [-0.1, -0.05) is 44.2 Å². The third-order valence-electron chi connectivity index (χ3n) is 3.25. The summed E-state index contributed by atoms with van der Waals surface area (Å²) in [4.78, 5) is 11.0. The van der Waals surface area contributed by atoms with Crippen molar-refractivity contribution < 1.29 is 9.90 Å². The van der Waals surface area contributed by atoms with Crippen LogP contribution in [0.5, 0.6) is 0 Å². The van der Waals surface area contributed by atoms with Crippen LogP contribution in [0.2, 0.25) is 0 Å². The molecule has 2 rings (SSSR count). The van der Waals surface area contributed by atoms with Gasteiger partial charge in [0.25, 0.3) is 0 Å². The second-order valence-electron chi connectivity index (χ2n) is 4.53. The molecule has 2 nitrogen and oxygen atoms in total. The highest BCUT2D eigenvalue weighted by molar-refractivity contribution is 5.77. The largest absolute Gasteiger partial charge is 0.481 e. The zero-order valence-corrected chi connectivity index (χ0v) is 8.40. The van der Waals surface area contributed by atoms with Gasteiger partial charge in [0.1, 0.15) is 0 Å². The molecule has 0 unspecified atom stereocenters. The van der Waals surface area contributed by atoms with Crippen LogP contribution in [-0.4, -0.2) is 11.1 Å². The number of carboxylic acids is 1. The molecule has 0 aromatic heterocycles. The molecule has 0 spiro atoms. The Labute approximate surface area is 83.6 Å². The summed E-state index contributed by atoms with van der Waals surface area (Å²) in [6, 6.07) is 9.89. The summed E-state index contributed by atoms with van der Waals surface area (Å²) in [5.74, 6) is -0.713. The lowest BCUT2D eigenvalue weighted by Crippen LogP contribution is -2.03. The van der Waals surface area contributed by atoms with Crippen LogP contribution in [0, 0.1) is 11.3 Å². The van der Waals surface area contributed by atoms with Crippen molar-refractivity contribution in [1.29, 1.82) is 0 Å². The van der Waals surface area contributed by atoms with Crippen LogP contribution in [0.1, 0.15) is 25.3 Å². The van der Waals surface area contributed by atoms with Crippen molar-refractivity contribution in [2.24, 2.45) is 11.3 Å². The van der Waals surface area contributed by atoms with Crippen molar-refractivity contribution in [3.05, 3.63) is 35.9 Å². The summed E-state index contributed by atoms with van der Waals surface area (Å²) in [5, 5.41) is 9.02. The molecule has 0 bridgehead atoms. The Morgan fingerprint density at radius 3 is 2.29 bits per heavy atom. The molecular weight excluding hydrogens is 176 g/mol. The highest BCUT2D eigenvalue weighted by Crippen LogP contribution is 2.64. The minimum absolute atomic E-state index is 0.0901. The zero-order chi connectivity index (χ0) is 10.3. The van der Waals surface area contributed by atoms with E-state index in [4.69, 9.17) is 5.11 Å². The molecule has 1 fully saturated rings. The number of carbonyl (C=O) groups is 1. The number of benzene rings is 1. The number of hydrogen-bond acceptors (Lipinski definition) is 1. The molecule has 1 aliphatic rings. The van der Waals surface area contributed by atoms with E-state index in [1.165, 1.54) is 0 Å². The molecule has 2 heteroatoms. The maximum Gasteiger partial charge on any atom is 0.307 e. The maximum atomic E-state index is 11.0. The Bertz CT molecular complexity index is 354. The quantitative estimate of drug-likeness (QED) is 0.778. The summed E-state index contributed by atoms with van der Waals surface area (Å²) in [5.41, 5.74) is 1.05. The van der Waals surface area contributed by atoms with Crippen LogP contribution >= 0.6 is 0 Å². The molecule has 14 heavy (non-hydrogen) atoms. The molecule has 74 valence electrons. The Morgan fingerprint density at radius 2 is 1.86 bits per heavy atom. The van der Waals surface area contributed by atoms with Crippen molar-refractivity contribution in [1.82, 2.24) is 0 Å². The predicted molar refractivity (Wildman–Crippen MR) is 54.1 cm³/mol. The van der Waals surface area contributed by atoms with Gasteiger partial charge in [-0.05, 0) is 11.0 Å². The van der Waals surface area contributed by atoms with Crippen molar-refractivity contribution in [3.8, 4) is 0 Å². The first-order chi connectivity index (χ1) is 6.55. The van der Waals surface area contributed by atoms with Crippen LogP contribution in [-0.2, 0) is 4.79 Å². The predicted octanol–water partition coefficient (Wildman–Crippen LogP) is 2.51. The standard InChI is InChI=1S/C12H14O2/c1-12(2)9(10(12)11(13)14)8-6-4-3-5-7-8/h3-7,9-10H,1-2H3,(H,13,14)/t9-,10-/m1/s1. The van der Waals surface area contributed by atoms with Gasteiger partial charge in [-0.25, -0.2) is 0 Å². The minimum Gasteiger partial charge on any atom is -0.481 e. The Morgan fingerprint density at radius 1 is 1.29 bits per heavy atom. The number of carboxylic acid groups (broad SMARTS) is 1. The van der Waals surface area contributed by atoms with E-state index in [0.29, 0.717) is 0 Å². The van der Waals surface area contributed by atoms with E-state index in [1.54, 1.807) is 0 Å². The van der Waals surface area contributed by atoms with E-state index in [0.717, 1.165) is 5.56 Å². The van der Waals surface area contributed by atoms with Crippen LogP contribution in [0.3, 0.4) is 0 Å².